The summed E-state index contributed by atoms with van der Waals surface area (Å²) in [5, 5.41) is 0. The Bertz CT molecular complexity index is 1130. The summed E-state index contributed by atoms with van der Waals surface area (Å²) in [7, 11) is -7.75. The Hall–Kier alpha value is -2.59. The van der Waals surface area contributed by atoms with Crippen LogP contribution in [-0.2, 0) is 24.3 Å². The lowest BCUT2D eigenvalue weighted by Crippen LogP contribution is -2.31. The van der Waals surface area contributed by atoms with Gasteiger partial charge in [-0.3, -0.25) is 9.17 Å². The minimum atomic E-state index is -3.99. The van der Waals surface area contributed by atoms with Crippen molar-refractivity contribution in [3.63, 3.8) is 0 Å². The van der Waals surface area contributed by atoms with Crippen LogP contribution in [0.2, 0.25) is 0 Å². The molecule has 0 saturated carbocycles. The van der Waals surface area contributed by atoms with E-state index in [4.69, 9.17) is 4.18 Å². The summed E-state index contributed by atoms with van der Waals surface area (Å²) in [5.41, 5.74) is 2.54. The van der Waals surface area contributed by atoms with Gasteiger partial charge in [0.1, 0.15) is 0 Å². The fraction of sp³-hybridized carbons (Fsp3) is 0.227. The summed E-state index contributed by atoms with van der Waals surface area (Å²) in [4.78, 5) is 4.23. The molecule has 0 radical (unpaired) electrons. The summed E-state index contributed by atoms with van der Waals surface area (Å²) in [5.74, 6) is -0.561. The van der Waals surface area contributed by atoms with Crippen LogP contribution in [-0.4, -0.2) is 35.0 Å². The topological polar surface area (TPSA) is 102 Å². The molecule has 1 heterocycles. The molecule has 0 aliphatic rings. The van der Waals surface area contributed by atoms with Crippen LogP contribution in [0.5, 0.6) is 0 Å². The number of aryl methyl sites for hydroxylation is 2. The smallest absolute Gasteiger partial charge is 0.266 e. The van der Waals surface area contributed by atoms with Gasteiger partial charge in [0, 0.05) is 24.9 Å². The van der Waals surface area contributed by atoms with E-state index in [1.165, 1.54) is 24.3 Å². The van der Waals surface area contributed by atoms with Gasteiger partial charge in [-0.1, -0.05) is 41.5 Å². The lowest BCUT2D eigenvalue weighted by atomic mass is 10.0. The van der Waals surface area contributed by atoms with Crippen molar-refractivity contribution in [3.8, 4) is 0 Å². The average molecular weight is 461 g/mol. The van der Waals surface area contributed by atoms with Crippen molar-refractivity contribution in [2.24, 2.45) is 0 Å². The molecule has 3 rings (SSSR count). The molecule has 1 N–H and O–H groups in total. The highest BCUT2D eigenvalue weighted by Gasteiger charge is 2.22. The second-order valence-corrected chi connectivity index (χ2v) is 10.6. The first-order valence-corrected chi connectivity index (χ1v) is 12.5. The minimum Gasteiger partial charge on any atom is -0.266 e. The number of benzene rings is 2. The van der Waals surface area contributed by atoms with Crippen LogP contribution in [0.4, 0.5) is 0 Å². The monoisotopic (exact) mass is 460 g/mol. The van der Waals surface area contributed by atoms with E-state index < -0.39 is 26.1 Å². The molecule has 0 bridgehead atoms. The largest absolute Gasteiger partial charge is 0.296 e. The van der Waals surface area contributed by atoms with Gasteiger partial charge in [-0.05, 0) is 49.7 Å². The first kappa shape index (κ1) is 23.1. The van der Waals surface area contributed by atoms with Gasteiger partial charge in [0.25, 0.3) is 10.1 Å². The number of pyridine rings is 1. The number of nitrogens with one attached hydrogen (secondary N) is 1. The van der Waals surface area contributed by atoms with Crippen LogP contribution in [0.1, 0.15) is 22.6 Å². The zero-order valence-electron chi connectivity index (χ0n) is 17.2. The lowest BCUT2D eigenvalue weighted by molar-refractivity contribution is 0.291. The van der Waals surface area contributed by atoms with E-state index in [-0.39, 0.29) is 22.9 Å². The standard InChI is InChI=1S/C22H24N2O5S2/c1-17-5-9-21(10-6-17)30(25,26)24-15-20(19-4-3-13-23-14-19)16-29-31(27,28)22-11-7-18(2)8-12-22/h3-14,20,24H,15-16H2,1-2H3. The van der Waals surface area contributed by atoms with Gasteiger partial charge >= 0.3 is 0 Å². The molecule has 0 fully saturated rings. The number of aromatic nitrogens is 1. The number of sulfonamides is 1. The molecule has 164 valence electrons. The third kappa shape index (κ3) is 6.20. The van der Waals surface area contributed by atoms with Crippen molar-refractivity contribution < 1.29 is 21.0 Å². The average Bonchev–Trinajstić information content (AvgIpc) is 2.75. The SMILES string of the molecule is Cc1ccc(S(=O)(=O)NCC(COS(=O)(=O)c2ccc(C)cc2)c2cccnc2)cc1. The van der Waals surface area contributed by atoms with Gasteiger partial charge in [-0.15, -0.1) is 0 Å². The van der Waals surface area contributed by atoms with Gasteiger partial charge in [0.15, 0.2) is 0 Å². The third-order valence-corrected chi connectivity index (χ3v) is 7.48. The molecule has 0 aliphatic heterocycles. The molecule has 0 saturated heterocycles. The third-order valence-electron chi connectivity index (χ3n) is 4.74. The second-order valence-electron chi connectivity index (χ2n) is 7.20. The van der Waals surface area contributed by atoms with Crippen molar-refractivity contribution in [3.05, 3.63) is 89.7 Å². The molecule has 1 aromatic heterocycles. The van der Waals surface area contributed by atoms with Crippen molar-refractivity contribution >= 4 is 20.1 Å². The van der Waals surface area contributed by atoms with Crippen LogP contribution in [0.25, 0.3) is 0 Å². The second kappa shape index (κ2) is 9.69. The highest BCUT2D eigenvalue weighted by atomic mass is 32.2. The fourth-order valence-corrected chi connectivity index (χ4v) is 4.88. The van der Waals surface area contributed by atoms with Gasteiger partial charge in [0.05, 0.1) is 16.4 Å². The Morgan fingerprint density at radius 3 is 2.00 bits per heavy atom. The van der Waals surface area contributed by atoms with Gasteiger partial charge < -0.3 is 0 Å². The van der Waals surface area contributed by atoms with Crippen molar-refractivity contribution in [2.75, 3.05) is 13.2 Å². The predicted molar refractivity (Wildman–Crippen MR) is 118 cm³/mol. The summed E-state index contributed by atoms with van der Waals surface area (Å²) >= 11 is 0. The zero-order valence-corrected chi connectivity index (χ0v) is 18.9. The van der Waals surface area contributed by atoms with Gasteiger partial charge in [-0.25, -0.2) is 13.1 Å². The number of hydrogen-bond donors (Lipinski definition) is 1. The van der Waals surface area contributed by atoms with Gasteiger partial charge in [-0.2, -0.15) is 8.42 Å². The van der Waals surface area contributed by atoms with E-state index in [0.29, 0.717) is 5.56 Å². The van der Waals surface area contributed by atoms with Crippen LogP contribution < -0.4 is 4.72 Å². The molecular weight excluding hydrogens is 436 g/mol. The number of hydrogen-bond acceptors (Lipinski definition) is 6. The summed E-state index contributed by atoms with van der Waals surface area (Å²) in [6, 6.07) is 16.2. The molecule has 0 amide bonds. The maximum atomic E-state index is 12.6. The molecule has 3 aromatic rings. The molecule has 1 atom stereocenters. The highest BCUT2D eigenvalue weighted by Crippen LogP contribution is 2.20. The predicted octanol–water partition coefficient (Wildman–Crippen LogP) is 3.17. The molecule has 0 spiro atoms. The number of nitrogens with zero attached hydrogens (tertiary/aromatic N) is 1. The minimum absolute atomic E-state index is 0.0447. The maximum absolute atomic E-state index is 12.6. The van der Waals surface area contributed by atoms with E-state index in [1.807, 2.05) is 13.8 Å². The van der Waals surface area contributed by atoms with Crippen LogP contribution >= 0.6 is 0 Å². The van der Waals surface area contributed by atoms with E-state index in [0.717, 1.165) is 11.1 Å². The molecule has 31 heavy (non-hydrogen) atoms. The van der Waals surface area contributed by atoms with Crippen LogP contribution in [0, 0.1) is 13.8 Å². The Morgan fingerprint density at radius 2 is 1.45 bits per heavy atom. The summed E-state index contributed by atoms with van der Waals surface area (Å²) in [6.45, 7) is 3.44. The summed E-state index contributed by atoms with van der Waals surface area (Å²) in [6.07, 6.45) is 3.15. The maximum Gasteiger partial charge on any atom is 0.296 e. The van der Waals surface area contributed by atoms with Crippen molar-refractivity contribution in [1.29, 1.82) is 0 Å². The fourth-order valence-electron chi connectivity index (χ4n) is 2.85. The van der Waals surface area contributed by atoms with E-state index in [9.17, 15) is 16.8 Å². The summed E-state index contributed by atoms with van der Waals surface area (Å²) < 4.78 is 58.2. The van der Waals surface area contributed by atoms with Crippen molar-refractivity contribution in [1.82, 2.24) is 9.71 Å². The normalized spacial score (nSPS) is 13.1. The molecule has 7 nitrogen and oxygen atoms in total. The Labute approximate surface area is 183 Å². The van der Waals surface area contributed by atoms with E-state index in [1.54, 1.807) is 48.8 Å². The van der Waals surface area contributed by atoms with Gasteiger partial charge in [0.2, 0.25) is 10.0 Å². The first-order valence-electron chi connectivity index (χ1n) is 9.60. The first-order chi connectivity index (χ1) is 14.7. The van der Waals surface area contributed by atoms with E-state index >= 15 is 0 Å². The van der Waals surface area contributed by atoms with Crippen LogP contribution in [0.3, 0.4) is 0 Å². The highest BCUT2D eigenvalue weighted by molar-refractivity contribution is 7.89. The molecule has 9 heteroatoms. The molecule has 1 unspecified atom stereocenters. The Balaban J connectivity index is 1.76. The molecular formula is C22H24N2O5S2. The quantitative estimate of drug-likeness (QED) is 0.492. The van der Waals surface area contributed by atoms with Crippen molar-refractivity contribution in [2.45, 2.75) is 29.6 Å². The molecule has 0 aliphatic carbocycles. The van der Waals surface area contributed by atoms with Crippen LogP contribution in [0.15, 0.2) is 82.8 Å². The molecule has 2 aromatic carbocycles. The Morgan fingerprint density at radius 1 is 0.871 bits per heavy atom. The Kier molecular flexibility index (Phi) is 7.22. The number of rotatable bonds is 9. The lowest BCUT2D eigenvalue weighted by Gasteiger charge is -2.18. The zero-order chi connectivity index (χ0) is 22.5. The van der Waals surface area contributed by atoms with E-state index in [2.05, 4.69) is 9.71 Å².